The molecule has 3 rings (SSSR count). The Morgan fingerprint density at radius 1 is 1.38 bits per heavy atom. The number of aliphatic hydroxyl groups excluding tert-OH is 1. The summed E-state index contributed by atoms with van der Waals surface area (Å²) in [5, 5.41) is 14.6. The number of aliphatic hydroxyl groups is 1. The van der Waals surface area contributed by atoms with Crippen molar-refractivity contribution in [2.45, 2.75) is 26.0 Å². The summed E-state index contributed by atoms with van der Waals surface area (Å²) < 4.78 is 8.53. The smallest absolute Gasteiger partial charge is 0.264 e. The van der Waals surface area contributed by atoms with E-state index in [9.17, 15) is 9.90 Å². The first-order valence-electron chi connectivity index (χ1n) is 7.85. The maximum Gasteiger partial charge on any atom is 0.264 e. The molecule has 126 valence electrons. The number of benzene rings is 1. The normalized spacial score (nSPS) is 12.5. The van der Waals surface area contributed by atoms with Gasteiger partial charge in [-0.15, -0.1) is 0 Å². The van der Waals surface area contributed by atoms with Crippen molar-refractivity contribution in [2.24, 2.45) is 7.05 Å². The van der Waals surface area contributed by atoms with Gasteiger partial charge in [0.05, 0.1) is 12.7 Å². The molecule has 0 saturated heterocycles. The predicted molar refractivity (Wildman–Crippen MR) is 90.1 cm³/mol. The molecule has 0 spiro atoms. The molecule has 0 aliphatic carbocycles. The summed E-state index contributed by atoms with van der Waals surface area (Å²) in [4.78, 5) is 16.6. The molecular formula is C17H20N4O3. The van der Waals surface area contributed by atoms with E-state index in [-0.39, 0.29) is 18.7 Å². The van der Waals surface area contributed by atoms with Crippen molar-refractivity contribution in [1.29, 1.82) is 0 Å². The summed E-state index contributed by atoms with van der Waals surface area (Å²) in [7, 11) is 1.73. The monoisotopic (exact) mass is 328 g/mol. The van der Waals surface area contributed by atoms with Gasteiger partial charge in [0.15, 0.2) is 5.65 Å². The Kier molecular flexibility index (Phi) is 4.61. The van der Waals surface area contributed by atoms with Gasteiger partial charge in [-0.1, -0.05) is 19.1 Å². The summed E-state index contributed by atoms with van der Waals surface area (Å²) in [6.07, 6.45) is 3.02. The Labute approximate surface area is 139 Å². The number of hydrogen-bond acceptors (Lipinski definition) is 5. The maximum absolute atomic E-state index is 12.4. The molecule has 0 aliphatic heterocycles. The summed E-state index contributed by atoms with van der Waals surface area (Å²) >= 11 is 0. The van der Waals surface area contributed by atoms with Gasteiger partial charge in [0.25, 0.3) is 5.56 Å². The second-order valence-electron chi connectivity index (χ2n) is 5.67. The van der Waals surface area contributed by atoms with Gasteiger partial charge in [-0.25, -0.2) is 4.98 Å². The summed E-state index contributed by atoms with van der Waals surface area (Å²) in [5.41, 5.74) is 1.47. The first-order chi connectivity index (χ1) is 11.6. The molecule has 0 bridgehead atoms. The van der Waals surface area contributed by atoms with E-state index in [1.807, 2.05) is 24.3 Å². The Bertz CT molecular complexity index is 900. The molecule has 2 heterocycles. The molecule has 0 saturated carbocycles. The predicted octanol–water partition coefficient (Wildman–Crippen LogP) is 1.13. The minimum atomic E-state index is -0.816. The SMILES string of the molecule is CCc1cccc(OCC(O)Cn2cnc3c(cnn3C)c2=O)c1. The van der Waals surface area contributed by atoms with Crippen molar-refractivity contribution < 1.29 is 9.84 Å². The number of aryl methyl sites for hydroxylation is 2. The van der Waals surface area contributed by atoms with Crippen molar-refractivity contribution in [3.8, 4) is 5.75 Å². The fourth-order valence-corrected chi connectivity index (χ4v) is 2.52. The van der Waals surface area contributed by atoms with Gasteiger partial charge in [0, 0.05) is 7.05 Å². The molecule has 0 fully saturated rings. The van der Waals surface area contributed by atoms with Crippen LogP contribution < -0.4 is 10.3 Å². The number of hydrogen-bond donors (Lipinski definition) is 1. The highest BCUT2D eigenvalue weighted by molar-refractivity contribution is 5.72. The van der Waals surface area contributed by atoms with Gasteiger partial charge < -0.3 is 9.84 Å². The van der Waals surface area contributed by atoms with Crippen LogP contribution in [0.25, 0.3) is 11.0 Å². The Morgan fingerprint density at radius 2 is 2.21 bits per heavy atom. The van der Waals surface area contributed by atoms with Crippen molar-refractivity contribution in [2.75, 3.05) is 6.61 Å². The average Bonchev–Trinajstić information content (AvgIpc) is 2.97. The van der Waals surface area contributed by atoms with Crippen LogP contribution in [-0.2, 0) is 20.0 Å². The highest BCUT2D eigenvalue weighted by atomic mass is 16.5. The van der Waals surface area contributed by atoms with Crippen LogP contribution in [0.3, 0.4) is 0 Å². The third kappa shape index (κ3) is 3.30. The molecule has 7 heteroatoms. The second-order valence-corrected chi connectivity index (χ2v) is 5.67. The molecule has 0 amide bonds. The summed E-state index contributed by atoms with van der Waals surface area (Å²) in [6.45, 7) is 2.29. The van der Waals surface area contributed by atoms with Gasteiger partial charge in [0.2, 0.25) is 0 Å². The van der Waals surface area contributed by atoms with Gasteiger partial charge in [-0.3, -0.25) is 14.0 Å². The van der Waals surface area contributed by atoms with Crippen molar-refractivity contribution in [1.82, 2.24) is 19.3 Å². The molecule has 1 aromatic carbocycles. The number of aromatic nitrogens is 4. The largest absolute Gasteiger partial charge is 0.491 e. The molecule has 3 aromatic rings. The lowest BCUT2D eigenvalue weighted by Crippen LogP contribution is -2.30. The van der Waals surface area contributed by atoms with Crippen LogP contribution in [0.4, 0.5) is 0 Å². The fraction of sp³-hybridized carbons (Fsp3) is 0.353. The third-order valence-electron chi connectivity index (χ3n) is 3.87. The van der Waals surface area contributed by atoms with Gasteiger partial charge in [0.1, 0.15) is 30.2 Å². The number of fused-ring (bicyclic) bond motifs is 1. The van der Waals surface area contributed by atoms with Gasteiger partial charge >= 0.3 is 0 Å². The molecule has 0 aliphatic rings. The van der Waals surface area contributed by atoms with E-state index in [0.717, 1.165) is 6.42 Å². The molecule has 1 atom stereocenters. The third-order valence-corrected chi connectivity index (χ3v) is 3.87. The number of rotatable bonds is 6. The summed E-state index contributed by atoms with van der Waals surface area (Å²) in [5.74, 6) is 0.710. The van der Waals surface area contributed by atoms with E-state index in [1.165, 1.54) is 22.7 Å². The standard InChI is InChI=1S/C17H20N4O3/c1-3-12-5-4-6-14(7-12)24-10-13(22)9-21-11-18-16-15(17(21)23)8-19-20(16)2/h4-8,11,13,22H,3,9-10H2,1-2H3. The molecule has 2 aromatic heterocycles. The van der Waals surface area contributed by atoms with E-state index < -0.39 is 6.10 Å². The lowest BCUT2D eigenvalue weighted by Gasteiger charge is -2.14. The zero-order chi connectivity index (χ0) is 17.1. The first kappa shape index (κ1) is 16.2. The fourth-order valence-electron chi connectivity index (χ4n) is 2.52. The van der Waals surface area contributed by atoms with Crippen LogP contribution in [0.15, 0.2) is 41.6 Å². The molecule has 0 radical (unpaired) electrons. The van der Waals surface area contributed by atoms with Crippen molar-refractivity contribution >= 4 is 11.0 Å². The molecule has 7 nitrogen and oxygen atoms in total. The van der Waals surface area contributed by atoms with E-state index in [1.54, 1.807) is 11.7 Å². The minimum absolute atomic E-state index is 0.102. The van der Waals surface area contributed by atoms with Gasteiger partial charge in [-0.2, -0.15) is 5.10 Å². The lowest BCUT2D eigenvalue weighted by atomic mass is 10.2. The highest BCUT2D eigenvalue weighted by Crippen LogP contribution is 2.14. The topological polar surface area (TPSA) is 82.2 Å². The Morgan fingerprint density at radius 3 is 3.00 bits per heavy atom. The second kappa shape index (κ2) is 6.84. The molecular weight excluding hydrogens is 308 g/mol. The van der Waals surface area contributed by atoms with E-state index >= 15 is 0 Å². The quantitative estimate of drug-likeness (QED) is 0.733. The van der Waals surface area contributed by atoms with Crippen LogP contribution in [0.5, 0.6) is 5.75 Å². The molecule has 1 N–H and O–H groups in total. The zero-order valence-corrected chi connectivity index (χ0v) is 13.7. The van der Waals surface area contributed by atoms with Crippen molar-refractivity contribution in [3.05, 3.63) is 52.7 Å². The van der Waals surface area contributed by atoms with Crippen LogP contribution in [0.2, 0.25) is 0 Å². The van der Waals surface area contributed by atoms with Crippen LogP contribution >= 0.6 is 0 Å². The highest BCUT2D eigenvalue weighted by Gasteiger charge is 2.12. The van der Waals surface area contributed by atoms with E-state index in [2.05, 4.69) is 17.0 Å². The minimum Gasteiger partial charge on any atom is -0.491 e. The van der Waals surface area contributed by atoms with Crippen LogP contribution in [0, 0.1) is 0 Å². The first-order valence-corrected chi connectivity index (χ1v) is 7.85. The number of ether oxygens (including phenoxy) is 1. The molecule has 24 heavy (non-hydrogen) atoms. The lowest BCUT2D eigenvalue weighted by molar-refractivity contribution is 0.0914. The van der Waals surface area contributed by atoms with E-state index in [4.69, 9.17) is 4.74 Å². The zero-order valence-electron chi connectivity index (χ0n) is 13.7. The Balaban J connectivity index is 1.67. The van der Waals surface area contributed by atoms with Crippen molar-refractivity contribution in [3.63, 3.8) is 0 Å². The van der Waals surface area contributed by atoms with Gasteiger partial charge in [-0.05, 0) is 24.1 Å². The van der Waals surface area contributed by atoms with Crippen LogP contribution in [0.1, 0.15) is 12.5 Å². The number of nitrogens with zero attached hydrogens (tertiary/aromatic N) is 4. The molecule has 1 unspecified atom stereocenters. The summed E-state index contributed by atoms with van der Waals surface area (Å²) in [6, 6.07) is 7.74. The average molecular weight is 328 g/mol. The Hall–Kier alpha value is -2.67. The van der Waals surface area contributed by atoms with Crippen LogP contribution in [-0.4, -0.2) is 37.1 Å². The maximum atomic E-state index is 12.4. The van der Waals surface area contributed by atoms with E-state index in [0.29, 0.717) is 16.8 Å².